The molecule has 0 fully saturated rings. The zero-order valence-electron chi connectivity index (χ0n) is 17.7. The van der Waals surface area contributed by atoms with Gasteiger partial charge in [0.25, 0.3) is 11.5 Å². The van der Waals surface area contributed by atoms with E-state index in [2.05, 4.69) is 10.4 Å². The number of para-hydroxylation sites is 2. The molecule has 0 radical (unpaired) electrons. The Morgan fingerprint density at radius 2 is 1.68 bits per heavy atom. The van der Waals surface area contributed by atoms with Gasteiger partial charge in [-0.25, -0.2) is 4.68 Å². The number of nitrogens with two attached hydrogens (primary N) is 1. The Morgan fingerprint density at radius 1 is 0.941 bits per heavy atom. The fraction of sp³-hybridized carbons (Fsp3) is 0.0800. The van der Waals surface area contributed by atoms with Crippen molar-refractivity contribution in [2.45, 2.75) is 12.7 Å². The van der Waals surface area contributed by atoms with Crippen molar-refractivity contribution in [2.75, 3.05) is 11.1 Å². The molecule has 6 nitrogen and oxygen atoms in total. The van der Waals surface area contributed by atoms with Gasteiger partial charge >= 0.3 is 6.18 Å². The van der Waals surface area contributed by atoms with Crippen LogP contribution in [0.5, 0.6) is 0 Å². The van der Waals surface area contributed by atoms with E-state index in [0.29, 0.717) is 22.5 Å². The molecule has 1 heterocycles. The molecule has 1 amide bonds. The van der Waals surface area contributed by atoms with E-state index in [1.165, 1.54) is 24.3 Å². The number of benzene rings is 3. The van der Waals surface area contributed by atoms with Crippen molar-refractivity contribution in [3.8, 4) is 11.3 Å². The van der Waals surface area contributed by atoms with Crippen molar-refractivity contribution in [3.05, 3.63) is 112 Å². The van der Waals surface area contributed by atoms with Crippen LogP contribution in [0, 0.1) is 0 Å². The Labute approximate surface area is 192 Å². The van der Waals surface area contributed by atoms with Gasteiger partial charge < -0.3 is 11.1 Å². The summed E-state index contributed by atoms with van der Waals surface area (Å²) in [4.78, 5) is 24.8. The molecule has 0 spiro atoms. The Bertz CT molecular complexity index is 1400. The maximum atomic E-state index is 13.0. The van der Waals surface area contributed by atoms with Crippen LogP contribution in [-0.2, 0) is 12.7 Å². The van der Waals surface area contributed by atoms with Gasteiger partial charge in [-0.2, -0.15) is 18.3 Å². The summed E-state index contributed by atoms with van der Waals surface area (Å²) >= 11 is 0. The third kappa shape index (κ3) is 5.15. The van der Waals surface area contributed by atoms with E-state index in [1.54, 1.807) is 48.5 Å². The van der Waals surface area contributed by atoms with E-state index in [1.807, 2.05) is 0 Å². The maximum Gasteiger partial charge on any atom is 0.416 e. The summed E-state index contributed by atoms with van der Waals surface area (Å²) in [6.45, 7) is 0.0825. The van der Waals surface area contributed by atoms with Gasteiger partial charge in [0.1, 0.15) is 0 Å². The molecule has 0 saturated carbocycles. The number of hydrogen-bond donors (Lipinski definition) is 2. The molecule has 4 rings (SSSR count). The van der Waals surface area contributed by atoms with E-state index in [-0.39, 0.29) is 23.7 Å². The highest BCUT2D eigenvalue weighted by atomic mass is 19.4. The van der Waals surface area contributed by atoms with Crippen LogP contribution in [0.3, 0.4) is 0 Å². The summed E-state index contributed by atoms with van der Waals surface area (Å²) in [5.74, 6) is -0.341. The van der Waals surface area contributed by atoms with Crippen LogP contribution in [0.2, 0.25) is 0 Å². The number of carbonyl (C=O) groups excluding carboxylic acids is 1. The first-order valence-corrected chi connectivity index (χ1v) is 10.2. The molecule has 172 valence electrons. The van der Waals surface area contributed by atoms with Gasteiger partial charge in [-0.1, -0.05) is 36.4 Å². The first kappa shape index (κ1) is 22.8. The average molecular weight is 464 g/mol. The fourth-order valence-corrected chi connectivity index (χ4v) is 3.31. The van der Waals surface area contributed by atoms with Crippen LogP contribution in [0.1, 0.15) is 21.5 Å². The molecule has 0 atom stereocenters. The second-order valence-corrected chi connectivity index (χ2v) is 7.53. The number of halogens is 3. The van der Waals surface area contributed by atoms with Gasteiger partial charge in [-0.05, 0) is 48.0 Å². The van der Waals surface area contributed by atoms with E-state index in [0.717, 1.165) is 16.8 Å². The number of nitrogens with one attached hydrogen (secondary N) is 1. The monoisotopic (exact) mass is 464 g/mol. The molecule has 0 aliphatic carbocycles. The third-order valence-corrected chi connectivity index (χ3v) is 5.11. The van der Waals surface area contributed by atoms with E-state index in [9.17, 15) is 22.8 Å². The van der Waals surface area contributed by atoms with Gasteiger partial charge in [0.2, 0.25) is 0 Å². The predicted molar refractivity (Wildman–Crippen MR) is 123 cm³/mol. The summed E-state index contributed by atoms with van der Waals surface area (Å²) < 4.78 is 40.3. The minimum absolute atomic E-state index is 0.0825. The zero-order chi connectivity index (χ0) is 24.3. The van der Waals surface area contributed by atoms with Crippen LogP contribution in [0.15, 0.2) is 89.7 Å². The summed E-state index contributed by atoms with van der Waals surface area (Å²) in [7, 11) is 0. The number of aromatic nitrogens is 2. The van der Waals surface area contributed by atoms with Crippen molar-refractivity contribution >= 4 is 17.3 Å². The molecule has 34 heavy (non-hydrogen) atoms. The molecule has 0 aliphatic heterocycles. The number of nitrogens with zero attached hydrogens (tertiary/aromatic N) is 2. The minimum Gasteiger partial charge on any atom is -0.397 e. The molecule has 4 aromatic rings. The Kier molecular flexibility index (Phi) is 6.18. The molecule has 3 aromatic carbocycles. The number of carbonyl (C=O) groups is 1. The molecule has 0 aliphatic rings. The fourth-order valence-electron chi connectivity index (χ4n) is 3.31. The van der Waals surface area contributed by atoms with Gasteiger partial charge in [0.15, 0.2) is 0 Å². The molecule has 9 heteroatoms. The molecule has 1 aromatic heterocycles. The van der Waals surface area contributed by atoms with Crippen LogP contribution in [0.4, 0.5) is 24.5 Å². The van der Waals surface area contributed by atoms with Crippen LogP contribution < -0.4 is 16.6 Å². The number of alkyl halides is 3. The highest BCUT2D eigenvalue weighted by Gasteiger charge is 2.30. The Balaban J connectivity index is 1.53. The lowest BCUT2D eigenvalue weighted by Crippen LogP contribution is -2.23. The largest absolute Gasteiger partial charge is 0.416 e. The first-order valence-electron chi connectivity index (χ1n) is 10.2. The lowest BCUT2D eigenvalue weighted by atomic mass is 10.1. The van der Waals surface area contributed by atoms with Crippen molar-refractivity contribution < 1.29 is 18.0 Å². The molecule has 0 bridgehead atoms. The molecular formula is C25H19F3N4O2. The van der Waals surface area contributed by atoms with Crippen LogP contribution >= 0.6 is 0 Å². The lowest BCUT2D eigenvalue weighted by molar-refractivity contribution is -0.137. The van der Waals surface area contributed by atoms with Gasteiger partial charge in [-0.3, -0.25) is 9.59 Å². The van der Waals surface area contributed by atoms with Crippen molar-refractivity contribution in [3.63, 3.8) is 0 Å². The summed E-state index contributed by atoms with van der Waals surface area (Å²) in [6.07, 6.45) is -4.48. The first-order chi connectivity index (χ1) is 16.2. The second kappa shape index (κ2) is 9.22. The summed E-state index contributed by atoms with van der Waals surface area (Å²) in [6, 6.07) is 20.8. The van der Waals surface area contributed by atoms with Crippen LogP contribution in [0.25, 0.3) is 11.3 Å². The summed E-state index contributed by atoms with van der Waals surface area (Å²) in [5, 5.41) is 6.96. The third-order valence-electron chi connectivity index (χ3n) is 5.11. The number of rotatable bonds is 5. The standard InChI is InChI=1S/C25H19F3N4O2/c26-25(27,28)19-5-3-4-18(14-19)21-12-13-23(33)32(31-21)15-16-8-10-17(11-9-16)24(34)30-22-7-2-1-6-20(22)29/h1-14H,15,29H2,(H,30,34). The van der Waals surface area contributed by atoms with Gasteiger partial charge in [0, 0.05) is 17.2 Å². The highest BCUT2D eigenvalue weighted by molar-refractivity contribution is 6.05. The number of amides is 1. The molecular weight excluding hydrogens is 445 g/mol. The minimum atomic E-state index is -4.48. The lowest BCUT2D eigenvalue weighted by Gasteiger charge is -2.11. The number of nitrogen functional groups attached to an aromatic ring is 1. The summed E-state index contributed by atoms with van der Waals surface area (Å²) in [5.41, 5.74) is 7.15. The smallest absolute Gasteiger partial charge is 0.397 e. The quantitative estimate of drug-likeness (QED) is 0.415. The maximum absolute atomic E-state index is 13.0. The zero-order valence-corrected chi connectivity index (χ0v) is 17.7. The average Bonchev–Trinajstić information content (AvgIpc) is 2.82. The van der Waals surface area contributed by atoms with Gasteiger partial charge in [-0.15, -0.1) is 0 Å². The van der Waals surface area contributed by atoms with E-state index < -0.39 is 17.3 Å². The molecule has 0 saturated heterocycles. The van der Waals surface area contributed by atoms with Crippen LogP contribution in [-0.4, -0.2) is 15.7 Å². The van der Waals surface area contributed by atoms with E-state index >= 15 is 0 Å². The Hall–Kier alpha value is -4.40. The molecule has 3 N–H and O–H groups in total. The van der Waals surface area contributed by atoms with Crippen molar-refractivity contribution in [1.29, 1.82) is 0 Å². The normalized spacial score (nSPS) is 11.3. The second-order valence-electron chi connectivity index (χ2n) is 7.53. The van der Waals surface area contributed by atoms with Gasteiger partial charge in [0.05, 0.1) is 29.2 Å². The SMILES string of the molecule is Nc1ccccc1NC(=O)c1ccc(Cn2nc(-c3cccc(C(F)(F)F)c3)ccc2=O)cc1. The number of anilines is 2. The van der Waals surface area contributed by atoms with Crippen molar-refractivity contribution in [2.24, 2.45) is 0 Å². The van der Waals surface area contributed by atoms with Crippen molar-refractivity contribution in [1.82, 2.24) is 9.78 Å². The topological polar surface area (TPSA) is 90.0 Å². The van der Waals surface area contributed by atoms with E-state index in [4.69, 9.17) is 5.73 Å². The Morgan fingerprint density at radius 3 is 2.38 bits per heavy atom. The highest BCUT2D eigenvalue weighted by Crippen LogP contribution is 2.31. The number of hydrogen-bond acceptors (Lipinski definition) is 4. The molecule has 0 unspecified atom stereocenters. The predicted octanol–water partition coefficient (Wildman–Crippen LogP) is 4.81.